The molecule has 0 saturated heterocycles. The zero-order valence-electron chi connectivity index (χ0n) is 8.78. The normalized spacial score (nSPS) is 13.7. The summed E-state index contributed by atoms with van der Waals surface area (Å²) in [6.07, 6.45) is -1.10. The minimum Gasteiger partial charge on any atom is -0.393 e. The van der Waals surface area contributed by atoms with Crippen molar-refractivity contribution in [3.8, 4) is 0 Å². The van der Waals surface area contributed by atoms with Gasteiger partial charge in [-0.3, -0.25) is 0 Å². The van der Waals surface area contributed by atoms with Gasteiger partial charge in [0.15, 0.2) is 0 Å². The minimum absolute atomic E-state index is 0.0323. The van der Waals surface area contributed by atoms with Gasteiger partial charge in [-0.2, -0.15) is 13.2 Å². The van der Waals surface area contributed by atoms with Crippen LogP contribution in [0, 0.1) is 0 Å². The second kappa shape index (κ2) is 5.44. The van der Waals surface area contributed by atoms with Gasteiger partial charge in [0.2, 0.25) is 0 Å². The van der Waals surface area contributed by atoms with Crippen molar-refractivity contribution in [3.05, 3.63) is 48.2 Å². The standard InChI is InChI=1S/C11H14F3N/c1-5-6-10(11(12,13)14)9(7-15-4)8(2)3/h5-7,15H,1-2H2,3-4H3/b9-7-,10-6+. The predicted molar refractivity (Wildman–Crippen MR) is 56.3 cm³/mol. The molecule has 0 aromatic heterocycles. The lowest BCUT2D eigenvalue weighted by Crippen LogP contribution is -2.15. The van der Waals surface area contributed by atoms with E-state index in [1.54, 1.807) is 0 Å². The van der Waals surface area contributed by atoms with E-state index in [9.17, 15) is 13.2 Å². The Labute approximate surface area is 87.7 Å². The Bertz CT molecular complexity index is 308. The van der Waals surface area contributed by atoms with Crippen LogP contribution in [0.3, 0.4) is 0 Å². The van der Waals surface area contributed by atoms with E-state index in [-0.39, 0.29) is 5.57 Å². The van der Waals surface area contributed by atoms with E-state index in [0.717, 1.165) is 12.2 Å². The fourth-order valence-electron chi connectivity index (χ4n) is 1.03. The number of allylic oxidation sites excluding steroid dienone is 5. The SMILES string of the molecule is C=C/C=C(\C(=C/NC)C(=C)C)C(F)(F)F. The van der Waals surface area contributed by atoms with Crippen LogP contribution >= 0.6 is 0 Å². The monoisotopic (exact) mass is 217 g/mol. The van der Waals surface area contributed by atoms with Crippen LogP contribution in [0.2, 0.25) is 0 Å². The van der Waals surface area contributed by atoms with Crippen LogP contribution in [0.1, 0.15) is 6.92 Å². The summed E-state index contributed by atoms with van der Waals surface area (Å²) in [5.41, 5.74) is -0.376. The highest BCUT2D eigenvalue weighted by molar-refractivity contribution is 5.47. The lowest BCUT2D eigenvalue weighted by Gasteiger charge is -2.15. The van der Waals surface area contributed by atoms with Gasteiger partial charge >= 0.3 is 6.18 Å². The average Bonchev–Trinajstić information content (AvgIpc) is 2.09. The molecule has 0 amide bonds. The molecule has 0 bridgehead atoms. The molecule has 0 aliphatic carbocycles. The molecule has 0 aromatic rings. The maximum Gasteiger partial charge on any atom is 0.417 e. The van der Waals surface area contributed by atoms with Crippen LogP contribution in [0.25, 0.3) is 0 Å². The van der Waals surface area contributed by atoms with Crippen molar-refractivity contribution >= 4 is 0 Å². The molecule has 1 nitrogen and oxygen atoms in total. The number of alkyl halides is 3. The van der Waals surface area contributed by atoms with E-state index in [1.165, 1.54) is 20.2 Å². The number of halogens is 3. The van der Waals surface area contributed by atoms with Crippen molar-refractivity contribution in [2.24, 2.45) is 0 Å². The van der Waals surface area contributed by atoms with Gasteiger partial charge in [-0.15, -0.1) is 0 Å². The predicted octanol–water partition coefficient (Wildman–Crippen LogP) is 3.34. The first-order valence-corrected chi connectivity index (χ1v) is 4.28. The Morgan fingerprint density at radius 2 is 1.87 bits per heavy atom. The third kappa shape index (κ3) is 4.06. The first-order chi connectivity index (χ1) is 6.84. The number of hydrogen-bond donors (Lipinski definition) is 1. The maximum absolute atomic E-state index is 12.6. The van der Waals surface area contributed by atoms with Crippen LogP contribution in [-0.2, 0) is 0 Å². The van der Waals surface area contributed by atoms with Crippen LogP contribution in [0.4, 0.5) is 13.2 Å². The Morgan fingerprint density at radius 3 is 2.13 bits per heavy atom. The topological polar surface area (TPSA) is 12.0 Å². The smallest absolute Gasteiger partial charge is 0.393 e. The maximum atomic E-state index is 12.6. The van der Waals surface area contributed by atoms with Gasteiger partial charge in [0.1, 0.15) is 0 Å². The van der Waals surface area contributed by atoms with Gasteiger partial charge in [-0.25, -0.2) is 0 Å². The van der Waals surface area contributed by atoms with Crippen molar-refractivity contribution < 1.29 is 13.2 Å². The minimum atomic E-state index is -4.41. The van der Waals surface area contributed by atoms with Crippen LogP contribution in [0.15, 0.2) is 48.2 Å². The van der Waals surface area contributed by atoms with Crippen molar-refractivity contribution in [1.82, 2.24) is 5.32 Å². The molecule has 0 radical (unpaired) electrons. The molecule has 1 N–H and O–H groups in total. The van der Waals surface area contributed by atoms with Crippen molar-refractivity contribution in [1.29, 1.82) is 0 Å². The summed E-state index contributed by atoms with van der Waals surface area (Å²) in [5, 5.41) is 2.56. The third-order valence-electron chi connectivity index (χ3n) is 1.63. The Balaban J connectivity index is 5.42. The molecule has 0 unspecified atom stereocenters. The summed E-state index contributed by atoms with van der Waals surface area (Å²) in [5.74, 6) is 0. The van der Waals surface area contributed by atoms with Crippen molar-refractivity contribution in [3.63, 3.8) is 0 Å². The Kier molecular flexibility index (Phi) is 4.91. The molecule has 0 spiro atoms. The van der Waals surface area contributed by atoms with Gasteiger partial charge in [0.25, 0.3) is 0 Å². The molecule has 0 aromatic carbocycles. The highest BCUT2D eigenvalue weighted by atomic mass is 19.4. The molecule has 0 aliphatic heterocycles. The average molecular weight is 217 g/mol. The first-order valence-electron chi connectivity index (χ1n) is 4.28. The molecule has 0 saturated carbocycles. The molecule has 4 heteroatoms. The number of rotatable bonds is 4. The highest BCUT2D eigenvalue weighted by Gasteiger charge is 2.35. The molecular formula is C11H14F3N. The van der Waals surface area contributed by atoms with Crippen molar-refractivity contribution in [2.75, 3.05) is 7.05 Å². The fourth-order valence-corrected chi connectivity index (χ4v) is 1.03. The zero-order chi connectivity index (χ0) is 12.1. The molecule has 0 aliphatic rings. The highest BCUT2D eigenvalue weighted by Crippen LogP contribution is 2.33. The zero-order valence-corrected chi connectivity index (χ0v) is 8.78. The summed E-state index contributed by atoms with van der Waals surface area (Å²) in [6, 6.07) is 0. The van der Waals surface area contributed by atoms with E-state index in [0.29, 0.717) is 5.57 Å². The van der Waals surface area contributed by atoms with Gasteiger partial charge in [-0.1, -0.05) is 19.2 Å². The number of hydrogen-bond acceptors (Lipinski definition) is 1. The number of nitrogens with one attached hydrogen (secondary N) is 1. The van der Waals surface area contributed by atoms with Gasteiger partial charge in [-0.05, 0) is 18.6 Å². The molecule has 84 valence electrons. The summed E-state index contributed by atoms with van der Waals surface area (Å²) in [4.78, 5) is 0. The van der Waals surface area contributed by atoms with E-state index in [4.69, 9.17) is 0 Å². The molecule has 0 atom stereocenters. The second-order valence-electron chi connectivity index (χ2n) is 2.94. The molecule has 15 heavy (non-hydrogen) atoms. The lowest BCUT2D eigenvalue weighted by atomic mass is 10.00. The Morgan fingerprint density at radius 1 is 1.33 bits per heavy atom. The molecule has 0 heterocycles. The summed E-state index contributed by atoms with van der Waals surface area (Å²) < 4.78 is 37.8. The third-order valence-corrected chi connectivity index (χ3v) is 1.63. The van der Waals surface area contributed by atoms with Gasteiger partial charge < -0.3 is 5.32 Å². The first kappa shape index (κ1) is 13.5. The largest absolute Gasteiger partial charge is 0.417 e. The summed E-state index contributed by atoms with van der Waals surface area (Å²) >= 11 is 0. The van der Waals surface area contributed by atoms with E-state index in [2.05, 4.69) is 18.5 Å². The summed E-state index contributed by atoms with van der Waals surface area (Å²) in [6.45, 7) is 8.29. The van der Waals surface area contributed by atoms with Gasteiger partial charge in [0.05, 0.1) is 5.57 Å². The molecular weight excluding hydrogens is 203 g/mol. The fraction of sp³-hybridized carbons (Fsp3) is 0.273. The second-order valence-corrected chi connectivity index (χ2v) is 2.94. The van der Waals surface area contributed by atoms with Crippen LogP contribution < -0.4 is 5.32 Å². The van der Waals surface area contributed by atoms with Crippen molar-refractivity contribution in [2.45, 2.75) is 13.1 Å². The van der Waals surface area contributed by atoms with E-state index < -0.39 is 11.7 Å². The van der Waals surface area contributed by atoms with Crippen LogP contribution in [-0.4, -0.2) is 13.2 Å². The molecule has 0 fully saturated rings. The summed E-state index contributed by atoms with van der Waals surface area (Å²) in [7, 11) is 1.53. The van der Waals surface area contributed by atoms with E-state index >= 15 is 0 Å². The van der Waals surface area contributed by atoms with Crippen LogP contribution in [0.5, 0.6) is 0 Å². The Hall–Kier alpha value is -1.45. The quantitative estimate of drug-likeness (QED) is 0.712. The van der Waals surface area contributed by atoms with Gasteiger partial charge in [0, 0.05) is 18.8 Å². The molecule has 0 rings (SSSR count). The lowest BCUT2D eigenvalue weighted by molar-refractivity contribution is -0.0891. The van der Waals surface area contributed by atoms with E-state index in [1.807, 2.05) is 0 Å².